The summed E-state index contributed by atoms with van der Waals surface area (Å²) in [5.74, 6) is -1.36. The molecule has 0 radical (unpaired) electrons. The molecule has 1 atom stereocenters. The minimum atomic E-state index is -1.01. The molecule has 2 heterocycles. The van der Waals surface area contributed by atoms with Crippen molar-refractivity contribution < 1.29 is 14.7 Å². The second-order valence-corrected chi connectivity index (χ2v) is 7.00. The van der Waals surface area contributed by atoms with Crippen molar-refractivity contribution in [2.24, 2.45) is 0 Å². The van der Waals surface area contributed by atoms with Gasteiger partial charge in [0.05, 0.1) is 0 Å². The summed E-state index contributed by atoms with van der Waals surface area (Å²) in [5, 5.41) is 13.9. The van der Waals surface area contributed by atoms with E-state index in [0.29, 0.717) is 0 Å². The van der Waals surface area contributed by atoms with E-state index in [1.54, 1.807) is 16.9 Å². The van der Waals surface area contributed by atoms with Crippen LogP contribution in [0, 0.1) is 0 Å². The van der Waals surface area contributed by atoms with Gasteiger partial charge in [-0.05, 0) is 37.1 Å². The van der Waals surface area contributed by atoms with Gasteiger partial charge in [-0.25, -0.2) is 4.79 Å². The molecule has 1 N–H and O–H groups in total. The van der Waals surface area contributed by atoms with Gasteiger partial charge in [-0.3, -0.25) is 9.48 Å². The maximum Gasteiger partial charge on any atom is 0.326 e. The van der Waals surface area contributed by atoms with Gasteiger partial charge in [-0.1, -0.05) is 28.1 Å². The zero-order valence-corrected chi connectivity index (χ0v) is 15.0. The Kier molecular flexibility index (Phi) is 4.45. The minimum absolute atomic E-state index is 0.139. The first kappa shape index (κ1) is 16.7. The molecule has 6 nitrogen and oxygen atoms in total. The SMILES string of the molecule is CC(C)n1ccc(C(=O)N2Cc3cccc(Br)c3CC2C(=O)O)n1. The van der Waals surface area contributed by atoms with Crippen molar-refractivity contribution in [1.82, 2.24) is 14.7 Å². The quantitative estimate of drug-likeness (QED) is 0.872. The van der Waals surface area contributed by atoms with Crippen molar-refractivity contribution >= 4 is 27.8 Å². The lowest BCUT2D eigenvalue weighted by Gasteiger charge is -2.34. The van der Waals surface area contributed by atoms with Gasteiger partial charge >= 0.3 is 5.97 Å². The number of halogens is 1. The van der Waals surface area contributed by atoms with Crippen molar-refractivity contribution in [3.05, 3.63) is 51.8 Å². The summed E-state index contributed by atoms with van der Waals surface area (Å²) >= 11 is 3.47. The lowest BCUT2D eigenvalue weighted by molar-refractivity contribution is -0.142. The summed E-state index contributed by atoms with van der Waals surface area (Å²) in [7, 11) is 0. The second kappa shape index (κ2) is 6.39. The van der Waals surface area contributed by atoms with Gasteiger partial charge in [0.15, 0.2) is 0 Å². The molecule has 1 aromatic heterocycles. The molecule has 2 aromatic rings. The molecule has 3 rings (SSSR count). The fourth-order valence-corrected chi connectivity index (χ4v) is 3.47. The Hall–Kier alpha value is -2.15. The summed E-state index contributed by atoms with van der Waals surface area (Å²) in [6.07, 6.45) is 2.02. The van der Waals surface area contributed by atoms with E-state index in [2.05, 4.69) is 21.0 Å². The number of benzene rings is 1. The Morgan fingerprint density at radius 2 is 2.08 bits per heavy atom. The number of hydrogen-bond donors (Lipinski definition) is 1. The third-order valence-corrected chi connectivity index (χ3v) is 4.98. The van der Waals surface area contributed by atoms with Crippen LogP contribution in [0.4, 0.5) is 0 Å². The van der Waals surface area contributed by atoms with Gasteiger partial charge in [0, 0.05) is 29.7 Å². The number of aromatic nitrogens is 2. The Labute approximate surface area is 148 Å². The summed E-state index contributed by atoms with van der Waals surface area (Å²) in [6, 6.07) is 6.58. The molecular weight excluding hydrogens is 374 g/mol. The number of carbonyl (C=O) groups is 2. The number of nitrogens with zero attached hydrogens (tertiary/aromatic N) is 3. The highest BCUT2D eigenvalue weighted by Crippen LogP contribution is 2.30. The van der Waals surface area contributed by atoms with Crippen LogP contribution in [0.3, 0.4) is 0 Å². The molecule has 0 fully saturated rings. The first-order valence-electron chi connectivity index (χ1n) is 7.73. The van der Waals surface area contributed by atoms with E-state index < -0.39 is 12.0 Å². The smallest absolute Gasteiger partial charge is 0.326 e. The van der Waals surface area contributed by atoms with Crippen LogP contribution in [-0.2, 0) is 17.8 Å². The van der Waals surface area contributed by atoms with E-state index in [1.165, 1.54) is 4.90 Å². The predicted molar refractivity (Wildman–Crippen MR) is 91.8 cm³/mol. The maximum absolute atomic E-state index is 12.8. The molecule has 126 valence electrons. The van der Waals surface area contributed by atoms with E-state index in [4.69, 9.17) is 0 Å². The molecule has 1 unspecified atom stereocenters. The van der Waals surface area contributed by atoms with E-state index in [9.17, 15) is 14.7 Å². The van der Waals surface area contributed by atoms with E-state index in [-0.39, 0.29) is 30.6 Å². The van der Waals surface area contributed by atoms with Crippen LogP contribution in [0.5, 0.6) is 0 Å². The average Bonchev–Trinajstić information content (AvgIpc) is 3.03. The third kappa shape index (κ3) is 2.96. The molecule has 1 amide bonds. The molecule has 1 aromatic carbocycles. The normalized spacial score (nSPS) is 17.0. The first-order valence-corrected chi connectivity index (χ1v) is 8.53. The Morgan fingerprint density at radius 3 is 2.71 bits per heavy atom. The van der Waals surface area contributed by atoms with Gasteiger partial charge in [0.25, 0.3) is 5.91 Å². The van der Waals surface area contributed by atoms with Crippen LogP contribution >= 0.6 is 15.9 Å². The van der Waals surface area contributed by atoms with Gasteiger partial charge in [0.2, 0.25) is 0 Å². The standard InChI is InChI=1S/C17H18BrN3O3/c1-10(2)21-7-6-14(19-21)16(22)20-9-11-4-3-5-13(18)12(11)8-15(20)17(23)24/h3-7,10,15H,8-9H2,1-2H3,(H,23,24). The Balaban J connectivity index is 1.95. The van der Waals surface area contributed by atoms with Crippen molar-refractivity contribution in [2.75, 3.05) is 0 Å². The number of carboxylic acid groups (broad SMARTS) is 1. The number of rotatable bonds is 3. The number of carboxylic acids is 1. The summed E-state index contributed by atoms with van der Waals surface area (Å²) in [6.45, 7) is 4.20. The summed E-state index contributed by atoms with van der Waals surface area (Å²) in [4.78, 5) is 25.9. The number of carbonyl (C=O) groups excluding carboxylic acids is 1. The van der Waals surface area contributed by atoms with E-state index >= 15 is 0 Å². The number of amides is 1. The zero-order chi connectivity index (χ0) is 17.4. The van der Waals surface area contributed by atoms with Crippen LogP contribution in [0.15, 0.2) is 34.9 Å². The van der Waals surface area contributed by atoms with Crippen molar-refractivity contribution in [2.45, 2.75) is 38.9 Å². The van der Waals surface area contributed by atoms with Crippen molar-refractivity contribution in [3.8, 4) is 0 Å². The topological polar surface area (TPSA) is 75.4 Å². The third-order valence-electron chi connectivity index (χ3n) is 4.23. The van der Waals surface area contributed by atoms with Crippen LogP contribution < -0.4 is 0 Å². The summed E-state index contributed by atoms with van der Waals surface area (Å²) in [5.41, 5.74) is 2.17. The second-order valence-electron chi connectivity index (χ2n) is 6.14. The maximum atomic E-state index is 12.8. The van der Waals surface area contributed by atoms with Gasteiger partial charge < -0.3 is 10.0 Å². The number of hydrogen-bond acceptors (Lipinski definition) is 3. The largest absolute Gasteiger partial charge is 0.480 e. The molecule has 24 heavy (non-hydrogen) atoms. The Bertz CT molecular complexity index is 800. The molecule has 0 spiro atoms. The van der Waals surface area contributed by atoms with Crippen LogP contribution in [0.25, 0.3) is 0 Å². The molecule has 0 bridgehead atoms. The Morgan fingerprint density at radius 1 is 1.33 bits per heavy atom. The molecule has 1 aliphatic heterocycles. The molecule has 7 heteroatoms. The van der Waals surface area contributed by atoms with Crippen LogP contribution in [-0.4, -0.2) is 37.7 Å². The van der Waals surface area contributed by atoms with Crippen LogP contribution in [0.1, 0.15) is 41.5 Å². The van der Waals surface area contributed by atoms with Gasteiger partial charge in [-0.15, -0.1) is 0 Å². The summed E-state index contributed by atoms with van der Waals surface area (Å²) < 4.78 is 2.57. The molecule has 0 saturated carbocycles. The van der Waals surface area contributed by atoms with Crippen molar-refractivity contribution in [3.63, 3.8) is 0 Å². The first-order chi connectivity index (χ1) is 11.4. The van der Waals surface area contributed by atoms with E-state index in [1.807, 2.05) is 32.0 Å². The van der Waals surface area contributed by atoms with E-state index in [0.717, 1.165) is 15.6 Å². The zero-order valence-electron chi connectivity index (χ0n) is 13.4. The fraction of sp³-hybridized carbons (Fsp3) is 0.353. The van der Waals surface area contributed by atoms with Gasteiger partial charge in [-0.2, -0.15) is 5.10 Å². The lowest BCUT2D eigenvalue weighted by Crippen LogP contribution is -2.48. The predicted octanol–water partition coefficient (Wildman–Crippen LogP) is 2.88. The number of fused-ring (bicyclic) bond motifs is 1. The molecule has 0 saturated heterocycles. The molecule has 0 aliphatic carbocycles. The number of aliphatic carboxylic acids is 1. The molecule has 1 aliphatic rings. The molecular formula is C17H18BrN3O3. The van der Waals surface area contributed by atoms with Crippen molar-refractivity contribution in [1.29, 1.82) is 0 Å². The van der Waals surface area contributed by atoms with Gasteiger partial charge in [0.1, 0.15) is 11.7 Å². The highest BCUT2D eigenvalue weighted by atomic mass is 79.9. The highest BCUT2D eigenvalue weighted by molar-refractivity contribution is 9.10. The minimum Gasteiger partial charge on any atom is -0.480 e. The van der Waals surface area contributed by atoms with Crippen LogP contribution in [0.2, 0.25) is 0 Å². The lowest BCUT2D eigenvalue weighted by atomic mass is 9.93. The monoisotopic (exact) mass is 391 g/mol. The fourth-order valence-electron chi connectivity index (χ4n) is 2.90. The average molecular weight is 392 g/mol. The highest BCUT2D eigenvalue weighted by Gasteiger charge is 2.36.